The molecule has 0 saturated heterocycles. The van der Waals surface area contributed by atoms with Crippen LogP contribution in [-0.4, -0.2) is 33.4 Å². The first kappa shape index (κ1) is 17.6. The lowest BCUT2D eigenvalue weighted by Gasteiger charge is -2.12. The maximum atomic E-state index is 5.40. The number of hydrogen-bond acceptors (Lipinski definition) is 5. The molecule has 2 aromatic carbocycles. The third kappa shape index (κ3) is 3.42. The Morgan fingerprint density at radius 3 is 2.04 bits per heavy atom. The summed E-state index contributed by atoms with van der Waals surface area (Å²) < 4.78 is 21.5. The summed E-state index contributed by atoms with van der Waals surface area (Å²) >= 11 is 0. The molecule has 0 aliphatic rings. The van der Waals surface area contributed by atoms with Gasteiger partial charge in [0.2, 0.25) is 5.75 Å². The second kappa shape index (κ2) is 7.78. The minimum atomic E-state index is 0.570. The zero-order valence-corrected chi connectivity index (χ0v) is 15.3. The number of para-hydroxylation sites is 1. The van der Waals surface area contributed by atoms with Crippen molar-refractivity contribution in [2.45, 2.75) is 0 Å². The number of ether oxygens (including phenoxy) is 4. The van der Waals surface area contributed by atoms with Crippen molar-refractivity contribution in [3.8, 4) is 23.0 Å². The Morgan fingerprint density at radius 1 is 0.731 bits per heavy atom. The van der Waals surface area contributed by atoms with Crippen molar-refractivity contribution in [1.82, 2.24) is 4.98 Å². The maximum Gasteiger partial charge on any atom is 0.203 e. The lowest BCUT2D eigenvalue weighted by atomic mass is 10.1. The molecule has 5 heteroatoms. The van der Waals surface area contributed by atoms with E-state index in [1.54, 1.807) is 28.4 Å². The number of rotatable bonds is 6. The molecule has 0 fully saturated rings. The molecule has 1 aromatic heterocycles. The average molecular weight is 351 g/mol. The number of aromatic nitrogens is 1. The van der Waals surface area contributed by atoms with Crippen molar-refractivity contribution in [3.05, 3.63) is 53.7 Å². The van der Waals surface area contributed by atoms with Crippen LogP contribution in [0.2, 0.25) is 0 Å². The molecule has 0 N–H and O–H groups in total. The molecule has 3 rings (SSSR count). The van der Waals surface area contributed by atoms with Gasteiger partial charge in [0, 0.05) is 5.39 Å². The molecule has 0 aliphatic carbocycles. The first-order valence-electron chi connectivity index (χ1n) is 8.12. The molecule has 0 aliphatic heterocycles. The summed E-state index contributed by atoms with van der Waals surface area (Å²) in [7, 11) is 6.43. The molecule has 0 spiro atoms. The molecule has 3 aromatic rings. The minimum Gasteiger partial charge on any atom is -0.494 e. The Hall–Kier alpha value is -3.21. The van der Waals surface area contributed by atoms with Crippen molar-refractivity contribution >= 4 is 23.1 Å². The Morgan fingerprint density at radius 2 is 1.42 bits per heavy atom. The van der Waals surface area contributed by atoms with E-state index in [4.69, 9.17) is 18.9 Å². The van der Waals surface area contributed by atoms with E-state index in [1.807, 2.05) is 54.6 Å². The van der Waals surface area contributed by atoms with Gasteiger partial charge in [-0.05, 0) is 35.9 Å². The van der Waals surface area contributed by atoms with Gasteiger partial charge in [-0.1, -0.05) is 24.3 Å². The summed E-state index contributed by atoms with van der Waals surface area (Å²) in [5, 5.41) is 1.04. The van der Waals surface area contributed by atoms with E-state index in [2.05, 4.69) is 4.98 Å². The quantitative estimate of drug-likeness (QED) is 0.657. The fourth-order valence-corrected chi connectivity index (χ4v) is 2.77. The number of methoxy groups -OCH3 is 4. The fourth-order valence-electron chi connectivity index (χ4n) is 2.77. The van der Waals surface area contributed by atoms with Gasteiger partial charge in [0.25, 0.3) is 0 Å². The van der Waals surface area contributed by atoms with Crippen molar-refractivity contribution in [1.29, 1.82) is 0 Å². The van der Waals surface area contributed by atoms with E-state index >= 15 is 0 Å². The van der Waals surface area contributed by atoms with Crippen molar-refractivity contribution in [2.75, 3.05) is 28.4 Å². The predicted molar refractivity (Wildman–Crippen MR) is 103 cm³/mol. The monoisotopic (exact) mass is 351 g/mol. The van der Waals surface area contributed by atoms with Gasteiger partial charge in [0.15, 0.2) is 11.5 Å². The highest BCUT2D eigenvalue weighted by molar-refractivity contribution is 5.86. The first-order valence-corrected chi connectivity index (χ1v) is 8.12. The molecule has 1 heterocycles. The highest BCUT2D eigenvalue weighted by atomic mass is 16.5. The van der Waals surface area contributed by atoms with E-state index in [-0.39, 0.29) is 0 Å². The van der Waals surface area contributed by atoms with Gasteiger partial charge < -0.3 is 18.9 Å². The van der Waals surface area contributed by atoms with Crippen LogP contribution in [0.25, 0.3) is 23.1 Å². The number of nitrogens with zero attached hydrogens (tertiary/aromatic N) is 1. The number of fused-ring (bicyclic) bond motifs is 1. The van der Waals surface area contributed by atoms with Crippen LogP contribution in [0.1, 0.15) is 11.3 Å². The third-order valence-corrected chi connectivity index (χ3v) is 4.06. The minimum absolute atomic E-state index is 0.570. The lowest BCUT2D eigenvalue weighted by molar-refractivity contribution is 0.324. The topological polar surface area (TPSA) is 49.8 Å². The van der Waals surface area contributed by atoms with Crippen LogP contribution in [0.4, 0.5) is 0 Å². The van der Waals surface area contributed by atoms with Crippen molar-refractivity contribution in [3.63, 3.8) is 0 Å². The first-order chi connectivity index (χ1) is 12.7. The number of hydrogen-bond donors (Lipinski definition) is 0. The number of pyridine rings is 1. The molecule has 0 radical (unpaired) electrons. The average Bonchev–Trinajstić information content (AvgIpc) is 2.70. The van der Waals surface area contributed by atoms with Crippen LogP contribution in [0.3, 0.4) is 0 Å². The van der Waals surface area contributed by atoms with Gasteiger partial charge >= 0.3 is 0 Å². The summed E-state index contributed by atoms with van der Waals surface area (Å²) in [6, 6.07) is 13.6. The van der Waals surface area contributed by atoms with Gasteiger partial charge in [-0.3, -0.25) is 0 Å². The maximum absolute atomic E-state index is 5.40. The summed E-state index contributed by atoms with van der Waals surface area (Å²) in [5.74, 6) is 2.55. The summed E-state index contributed by atoms with van der Waals surface area (Å²) in [4.78, 5) is 4.68. The standard InChI is InChI=1S/C21H21NO4/c1-23-17-7-5-6-15-9-11-16(22-20(15)17)10-8-14-12-18(24-2)21(26-4)19(13-14)25-3/h5-13H,1-4H3/b10-8+. The summed E-state index contributed by atoms with van der Waals surface area (Å²) in [6.07, 6.45) is 3.89. The highest BCUT2D eigenvalue weighted by Crippen LogP contribution is 2.38. The Kier molecular flexibility index (Phi) is 5.27. The third-order valence-electron chi connectivity index (χ3n) is 4.06. The Bertz CT molecular complexity index is 925. The molecular formula is C21H21NO4. The zero-order chi connectivity index (χ0) is 18.5. The molecule has 0 amide bonds. The van der Waals surface area contributed by atoms with Crippen LogP contribution in [0, 0.1) is 0 Å². The smallest absolute Gasteiger partial charge is 0.203 e. The van der Waals surface area contributed by atoms with E-state index in [0.717, 1.165) is 27.9 Å². The van der Waals surface area contributed by atoms with Gasteiger partial charge in [-0.25, -0.2) is 4.98 Å². The van der Waals surface area contributed by atoms with E-state index in [1.165, 1.54) is 0 Å². The van der Waals surface area contributed by atoms with Crippen LogP contribution >= 0.6 is 0 Å². The van der Waals surface area contributed by atoms with Crippen molar-refractivity contribution in [2.24, 2.45) is 0 Å². The Labute approximate surface area is 152 Å². The van der Waals surface area contributed by atoms with E-state index in [0.29, 0.717) is 17.2 Å². The van der Waals surface area contributed by atoms with Gasteiger partial charge in [0.05, 0.1) is 34.1 Å². The molecular weight excluding hydrogens is 330 g/mol. The normalized spacial score (nSPS) is 10.9. The summed E-state index contributed by atoms with van der Waals surface area (Å²) in [5.41, 5.74) is 2.58. The van der Waals surface area contributed by atoms with Crippen LogP contribution in [-0.2, 0) is 0 Å². The van der Waals surface area contributed by atoms with Crippen LogP contribution in [0.15, 0.2) is 42.5 Å². The number of benzene rings is 2. The largest absolute Gasteiger partial charge is 0.494 e. The second-order valence-electron chi connectivity index (χ2n) is 5.56. The van der Waals surface area contributed by atoms with Crippen LogP contribution in [0.5, 0.6) is 23.0 Å². The predicted octanol–water partition coefficient (Wildman–Crippen LogP) is 4.44. The van der Waals surface area contributed by atoms with Crippen molar-refractivity contribution < 1.29 is 18.9 Å². The van der Waals surface area contributed by atoms with E-state index < -0.39 is 0 Å². The van der Waals surface area contributed by atoms with Gasteiger partial charge in [-0.2, -0.15) is 0 Å². The van der Waals surface area contributed by atoms with Gasteiger partial charge in [0.1, 0.15) is 11.3 Å². The fraction of sp³-hybridized carbons (Fsp3) is 0.190. The molecule has 5 nitrogen and oxygen atoms in total. The molecule has 26 heavy (non-hydrogen) atoms. The van der Waals surface area contributed by atoms with E-state index in [9.17, 15) is 0 Å². The molecule has 0 atom stereocenters. The molecule has 0 unspecified atom stereocenters. The SMILES string of the molecule is COc1cc(/C=C/c2ccc3cccc(OC)c3n2)cc(OC)c1OC. The molecule has 0 saturated carbocycles. The molecule has 0 bridgehead atoms. The zero-order valence-electron chi connectivity index (χ0n) is 15.3. The highest BCUT2D eigenvalue weighted by Gasteiger charge is 2.12. The van der Waals surface area contributed by atoms with Crippen LogP contribution < -0.4 is 18.9 Å². The Balaban J connectivity index is 1.98. The molecule has 134 valence electrons. The lowest BCUT2D eigenvalue weighted by Crippen LogP contribution is -1.95. The second-order valence-corrected chi connectivity index (χ2v) is 5.56. The van der Waals surface area contributed by atoms with Gasteiger partial charge in [-0.15, -0.1) is 0 Å². The summed E-state index contributed by atoms with van der Waals surface area (Å²) in [6.45, 7) is 0.